The third kappa shape index (κ3) is 7.27. The number of benzene rings is 1. The van der Waals surface area contributed by atoms with Crippen LogP contribution in [0.2, 0.25) is 5.02 Å². The van der Waals surface area contributed by atoms with Crippen molar-refractivity contribution in [2.24, 2.45) is 0 Å². The summed E-state index contributed by atoms with van der Waals surface area (Å²) in [6, 6.07) is 10.7. The molecule has 1 atom stereocenters. The van der Waals surface area contributed by atoms with E-state index in [1.807, 2.05) is 12.1 Å². The van der Waals surface area contributed by atoms with Crippen LogP contribution >= 0.6 is 11.6 Å². The summed E-state index contributed by atoms with van der Waals surface area (Å²) in [4.78, 5) is 28.7. The van der Waals surface area contributed by atoms with Gasteiger partial charge < -0.3 is 15.4 Å². The van der Waals surface area contributed by atoms with Gasteiger partial charge in [0.25, 0.3) is 0 Å². The minimum atomic E-state index is -0.612. The Kier molecular flexibility index (Phi) is 7.19. The largest absolute Gasteiger partial charge is 0.444 e. The van der Waals surface area contributed by atoms with Gasteiger partial charge in [-0.2, -0.15) is 0 Å². The molecule has 0 aliphatic carbocycles. The van der Waals surface area contributed by atoms with E-state index in [2.05, 4.69) is 15.6 Å². The number of hydrogen-bond donors (Lipinski definition) is 2. The fourth-order valence-corrected chi connectivity index (χ4v) is 2.60. The first kappa shape index (κ1) is 20.7. The summed E-state index contributed by atoms with van der Waals surface area (Å²) >= 11 is 6.07. The van der Waals surface area contributed by atoms with Gasteiger partial charge in [-0.3, -0.25) is 9.78 Å². The van der Waals surface area contributed by atoms with Crippen molar-refractivity contribution < 1.29 is 14.3 Å². The topological polar surface area (TPSA) is 80.3 Å². The molecular formula is C20H24ClN3O3. The smallest absolute Gasteiger partial charge is 0.407 e. The molecule has 0 aliphatic heterocycles. The second-order valence-electron chi connectivity index (χ2n) is 7.06. The maximum absolute atomic E-state index is 12.8. The molecule has 0 radical (unpaired) electrons. The Morgan fingerprint density at radius 1 is 1.15 bits per heavy atom. The summed E-state index contributed by atoms with van der Waals surface area (Å²) in [5.74, 6) is -0.816. The molecule has 1 unspecified atom stereocenters. The number of halogens is 1. The van der Waals surface area contributed by atoms with Crippen LogP contribution in [0.3, 0.4) is 0 Å². The number of amides is 2. The van der Waals surface area contributed by atoms with Crippen molar-refractivity contribution in [1.82, 2.24) is 15.6 Å². The standard InChI is InChI=1S/C20H24ClN3O3/c1-20(2,3)27-19(26)24-13-17(15-5-4-6-16(21)11-15)18(25)23-12-14-7-9-22-10-8-14/h4-11,17H,12-13H2,1-3H3,(H,23,25)(H,24,26). The zero-order valence-electron chi connectivity index (χ0n) is 15.7. The number of alkyl carbamates (subject to hydrolysis) is 1. The molecular weight excluding hydrogens is 366 g/mol. The predicted molar refractivity (Wildman–Crippen MR) is 105 cm³/mol. The minimum absolute atomic E-state index is 0.0947. The van der Waals surface area contributed by atoms with Gasteiger partial charge >= 0.3 is 6.09 Å². The Bertz CT molecular complexity index is 776. The van der Waals surface area contributed by atoms with Crippen LogP contribution in [0, 0.1) is 0 Å². The van der Waals surface area contributed by atoms with E-state index in [0.717, 1.165) is 5.56 Å². The van der Waals surface area contributed by atoms with E-state index in [-0.39, 0.29) is 12.5 Å². The first-order chi connectivity index (χ1) is 12.7. The van der Waals surface area contributed by atoms with Crippen molar-refractivity contribution in [3.63, 3.8) is 0 Å². The minimum Gasteiger partial charge on any atom is -0.444 e. The van der Waals surface area contributed by atoms with Crippen LogP contribution in [0.1, 0.15) is 37.8 Å². The molecule has 0 saturated heterocycles. The third-order valence-corrected chi connectivity index (χ3v) is 3.87. The van der Waals surface area contributed by atoms with Crippen LogP contribution in [0.4, 0.5) is 4.79 Å². The van der Waals surface area contributed by atoms with Gasteiger partial charge in [0.05, 0.1) is 5.92 Å². The Labute approximate surface area is 164 Å². The van der Waals surface area contributed by atoms with Gasteiger partial charge in [0.15, 0.2) is 0 Å². The summed E-state index contributed by atoms with van der Waals surface area (Å²) in [5.41, 5.74) is 1.04. The van der Waals surface area contributed by atoms with E-state index < -0.39 is 17.6 Å². The van der Waals surface area contributed by atoms with Gasteiger partial charge in [-0.15, -0.1) is 0 Å². The molecule has 144 valence electrons. The highest BCUT2D eigenvalue weighted by atomic mass is 35.5. The zero-order chi connectivity index (χ0) is 19.9. The number of pyridine rings is 1. The molecule has 6 nitrogen and oxygen atoms in total. The Balaban J connectivity index is 2.07. The zero-order valence-corrected chi connectivity index (χ0v) is 16.4. The summed E-state index contributed by atoms with van der Waals surface area (Å²) in [5, 5.41) is 6.07. The second-order valence-corrected chi connectivity index (χ2v) is 7.50. The molecule has 0 spiro atoms. The average Bonchev–Trinajstić information content (AvgIpc) is 2.59. The third-order valence-electron chi connectivity index (χ3n) is 3.63. The number of carbonyl (C=O) groups is 2. The molecule has 1 aromatic heterocycles. The lowest BCUT2D eigenvalue weighted by Crippen LogP contribution is -2.39. The maximum atomic E-state index is 12.8. The number of rotatable bonds is 6. The van der Waals surface area contributed by atoms with Crippen molar-refractivity contribution in [1.29, 1.82) is 0 Å². The van der Waals surface area contributed by atoms with Crippen LogP contribution in [0.5, 0.6) is 0 Å². The predicted octanol–water partition coefficient (Wildman–Crippen LogP) is 3.66. The molecule has 2 aromatic rings. The fraction of sp³-hybridized carbons (Fsp3) is 0.350. The molecule has 2 amide bonds. The highest BCUT2D eigenvalue weighted by molar-refractivity contribution is 6.30. The molecule has 0 saturated carbocycles. The fourth-order valence-electron chi connectivity index (χ4n) is 2.40. The van der Waals surface area contributed by atoms with E-state index >= 15 is 0 Å². The van der Waals surface area contributed by atoms with Gasteiger partial charge in [-0.1, -0.05) is 23.7 Å². The first-order valence-corrected chi connectivity index (χ1v) is 9.01. The van der Waals surface area contributed by atoms with Gasteiger partial charge in [0.1, 0.15) is 5.60 Å². The summed E-state index contributed by atoms with van der Waals surface area (Å²) < 4.78 is 5.24. The van der Waals surface area contributed by atoms with E-state index in [1.165, 1.54) is 0 Å². The Morgan fingerprint density at radius 2 is 1.85 bits per heavy atom. The summed E-state index contributed by atoms with van der Waals surface area (Å²) in [6.07, 6.45) is 2.76. The Morgan fingerprint density at radius 3 is 2.48 bits per heavy atom. The van der Waals surface area contributed by atoms with Crippen molar-refractivity contribution in [2.75, 3.05) is 6.54 Å². The average molecular weight is 390 g/mol. The maximum Gasteiger partial charge on any atom is 0.407 e. The van der Waals surface area contributed by atoms with Crippen LogP contribution < -0.4 is 10.6 Å². The van der Waals surface area contributed by atoms with E-state index in [9.17, 15) is 9.59 Å². The van der Waals surface area contributed by atoms with Gasteiger partial charge in [-0.25, -0.2) is 4.79 Å². The highest BCUT2D eigenvalue weighted by Crippen LogP contribution is 2.20. The normalized spacial score (nSPS) is 12.1. The lowest BCUT2D eigenvalue weighted by Gasteiger charge is -2.22. The van der Waals surface area contributed by atoms with Crippen molar-refractivity contribution in [3.8, 4) is 0 Å². The van der Waals surface area contributed by atoms with Crippen molar-refractivity contribution in [2.45, 2.75) is 38.8 Å². The number of nitrogens with zero attached hydrogens (tertiary/aromatic N) is 1. The Hall–Kier alpha value is -2.60. The van der Waals surface area contributed by atoms with E-state index in [4.69, 9.17) is 16.3 Å². The molecule has 7 heteroatoms. The molecule has 0 fully saturated rings. The number of ether oxygens (including phenoxy) is 1. The molecule has 2 N–H and O–H groups in total. The van der Waals surface area contributed by atoms with E-state index in [1.54, 1.807) is 57.4 Å². The molecule has 1 heterocycles. The van der Waals surface area contributed by atoms with Gasteiger partial charge in [0.2, 0.25) is 5.91 Å². The highest BCUT2D eigenvalue weighted by Gasteiger charge is 2.23. The van der Waals surface area contributed by atoms with Crippen LogP contribution in [-0.2, 0) is 16.1 Å². The molecule has 2 rings (SSSR count). The monoisotopic (exact) mass is 389 g/mol. The summed E-state index contributed by atoms with van der Waals surface area (Å²) in [6.45, 7) is 5.80. The molecule has 0 bridgehead atoms. The second kappa shape index (κ2) is 9.37. The lowest BCUT2D eigenvalue weighted by atomic mass is 9.98. The number of nitrogens with one attached hydrogen (secondary N) is 2. The molecule has 1 aromatic carbocycles. The van der Waals surface area contributed by atoms with Gasteiger partial charge in [0, 0.05) is 30.5 Å². The van der Waals surface area contributed by atoms with Gasteiger partial charge in [-0.05, 0) is 56.2 Å². The van der Waals surface area contributed by atoms with Crippen molar-refractivity contribution >= 4 is 23.6 Å². The van der Waals surface area contributed by atoms with E-state index in [0.29, 0.717) is 17.1 Å². The number of carbonyl (C=O) groups excluding carboxylic acids is 2. The summed E-state index contributed by atoms with van der Waals surface area (Å²) in [7, 11) is 0. The van der Waals surface area contributed by atoms with Crippen LogP contribution in [-0.4, -0.2) is 29.1 Å². The van der Waals surface area contributed by atoms with Crippen molar-refractivity contribution in [3.05, 3.63) is 64.9 Å². The number of aromatic nitrogens is 1. The first-order valence-electron chi connectivity index (χ1n) is 8.63. The quantitative estimate of drug-likeness (QED) is 0.790. The molecule has 0 aliphatic rings. The lowest BCUT2D eigenvalue weighted by molar-refractivity contribution is -0.122. The molecule has 27 heavy (non-hydrogen) atoms. The SMILES string of the molecule is CC(C)(C)OC(=O)NCC(C(=O)NCc1ccncc1)c1cccc(Cl)c1. The van der Waals surface area contributed by atoms with Crippen LogP contribution in [0.25, 0.3) is 0 Å². The van der Waals surface area contributed by atoms with Crippen LogP contribution in [0.15, 0.2) is 48.8 Å². The number of hydrogen-bond acceptors (Lipinski definition) is 4.